The Hall–Kier alpha value is -3.65. The van der Waals surface area contributed by atoms with Gasteiger partial charge in [-0.15, -0.1) is 0 Å². The predicted molar refractivity (Wildman–Crippen MR) is 143 cm³/mol. The van der Waals surface area contributed by atoms with Crippen LogP contribution in [0, 0.1) is 11.2 Å². The van der Waals surface area contributed by atoms with Crippen LogP contribution in [0.25, 0.3) is 11.1 Å². The molecule has 3 aromatic rings. The summed E-state index contributed by atoms with van der Waals surface area (Å²) >= 11 is 0. The maximum absolute atomic E-state index is 13.6. The van der Waals surface area contributed by atoms with Crippen molar-refractivity contribution in [2.45, 2.75) is 39.7 Å². The molecule has 0 aliphatic carbocycles. The molecule has 2 fully saturated rings. The highest BCUT2D eigenvalue weighted by molar-refractivity contribution is 5.95. The molecule has 0 atom stereocenters. The standard InChI is InChI=1S/C30H34FN3O4/c1-3-37-25-15-21(16-26(38-4-2)29(25)22-5-7-23(31)8-6-22)19-33-13-11-30(12-14-33)17-28(36)34(20-30)27-10-9-24(35)18-32-27/h5-10,15-16,18,35H,3-4,11-14,17,19-20H2,1-2H3/p+1. The zero-order valence-corrected chi connectivity index (χ0v) is 22.0. The van der Waals surface area contributed by atoms with Crippen LogP contribution >= 0.6 is 0 Å². The first-order valence-electron chi connectivity index (χ1n) is 13.4. The summed E-state index contributed by atoms with van der Waals surface area (Å²) in [6.45, 7) is 8.39. The highest BCUT2D eigenvalue weighted by Crippen LogP contribution is 2.42. The molecule has 0 bridgehead atoms. The van der Waals surface area contributed by atoms with Crippen LogP contribution < -0.4 is 19.3 Å². The molecule has 3 heterocycles. The molecule has 2 N–H and O–H groups in total. The van der Waals surface area contributed by atoms with Gasteiger partial charge >= 0.3 is 0 Å². The second-order valence-corrected chi connectivity index (χ2v) is 10.3. The van der Waals surface area contributed by atoms with E-state index in [4.69, 9.17) is 9.47 Å². The summed E-state index contributed by atoms with van der Waals surface area (Å²) in [5.41, 5.74) is 2.80. The molecular formula is C30H35FN3O4+. The summed E-state index contributed by atoms with van der Waals surface area (Å²) < 4.78 is 25.7. The second kappa shape index (κ2) is 11.0. The van der Waals surface area contributed by atoms with E-state index in [2.05, 4.69) is 17.1 Å². The van der Waals surface area contributed by atoms with E-state index in [9.17, 15) is 14.3 Å². The number of ether oxygens (including phenoxy) is 2. The maximum Gasteiger partial charge on any atom is 0.228 e. The van der Waals surface area contributed by atoms with E-state index in [1.165, 1.54) is 23.2 Å². The number of nitrogens with zero attached hydrogens (tertiary/aromatic N) is 2. The number of aromatic nitrogens is 1. The molecule has 1 spiro atoms. The summed E-state index contributed by atoms with van der Waals surface area (Å²) in [4.78, 5) is 20.3. The van der Waals surface area contributed by atoms with Gasteiger partial charge in [0, 0.05) is 36.8 Å². The van der Waals surface area contributed by atoms with E-state index in [1.54, 1.807) is 29.2 Å². The lowest BCUT2D eigenvalue weighted by Crippen LogP contribution is -3.12. The van der Waals surface area contributed by atoms with Gasteiger partial charge in [0.05, 0.1) is 38.1 Å². The van der Waals surface area contributed by atoms with Gasteiger partial charge in [-0.3, -0.25) is 9.69 Å². The normalized spacial score (nSPS) is 21.2. The highest BCUT2D eigenvalue weighted by atomic mass is 19.1. The number of hydrogen-bond donors (Lipinski definition) is 2. The summed E-state index contributed by atoms with van der Waals surface area (Å²) in [5.74, 6) is 2.01. The minimum Gasteiger partial charge on any atom is -0.506 e. The van der Waals surface area contributed by atoms with Gasteiger partial charge in [0.2, 0.25) is 5.91 Å². The molecular weight excluding hydrogens is 485 g/mol. The molecule has 0 radical (unpaired) electrons. The molecule has 0 unspecified atom stereocenters. The number of likely N-dealkylation sites (tertiary alicyclic amines) is 1. The van der Waals surface area contributed by atoms with Crippen molar-refractivity contribution in [3.05, 3.63) is 66.1 Å². The third kappa shape index (κ3) is 5.45. The maximum atomic E-state index is 13.6. The van der Waals surface area contributed by atoms with Gasteiger partial charge in [-0.1, -0.05) is 12.1 Å². The lowest BCUT2D eigenvalue weighted by molar-refractivity contribution is -0.921. The number of anilines is 1. The monoisotopic (exact) mass is 520 g/mol. The Morgan fingerprint density at radius 2 is 1.68 bits per heavy atom. The molecule has 2 aliphatic heterocycles. The number of pyridine rings is 1. The molecule has 38 heavy (non-hydrogen) atoms. The number of halogens is 1. The zero-order chi connectivity index (χ0) is 26.7. The van der Waals surface area contributed by atoms with Crippen LogP contribution in [-0.2, 0) is 11.3 Å². The van der Waals surface area contributed by atoms with Crippen molar-refractivity contribution < 1.29 is 28.7 Å². The van der Waals surface area contributed by atoms with Crippen molar-refractivity contribution >= 4 is 11.7 Å². The lowest BCUT2D eigenvalue weighted by Gasteiger charge is -2.36. The number of hydrogen-bond acceptors (Lipinski definition) is 5. The number of amides is 1. The summed E-state index contributed by atoms with van der Waals surface area (Å²) in [6, 6.07) is 13.9. The van der Waals surface area contributed by atoms with Gasteiger partial charge in [0.15, 0.2) is 0 Å². The zero-order valence-electron chi connectivity index (χ0n) is 22.0. The van der Waals surface area contributed by atoms with Gasteiger partial charge in [0.25, 0.3) is 0 Å². The van der Waals surface area contributed by atoms with Crippen LogP contribution in [0.2, 0.25) is 0 Å². The Bertz CT molecular complexity index is 1240. The van der Waals surface area contributed by atoms with Gasteiger partial charge < -0.3 is 19.5 Å². The second-order valence-electron chi connectivity index (χ2n) is 10.3. The quantitative estimate of drug-likeness (QED) is 0.470. The first-order valence-corrected chi connectivity index (χ1v) is 13.4. The van der Waals surface area contributed by atoms with Crippen LogP contribution in [0.5, 0.6) is 17.2 Å². The molecule has 1 aromatic heterocycles. The van der Waals surface area contributed by atoms with E-state index >= 15 is 0 Å². The van der Waals surface area contributed by atoms with E-state index in [1.807, 2.05) is 13.8 Å². The predicted octanol–water partition coefficient (Wildman–Crippen LogP) is 3.99. The Morgan fingerprint density at radius 1 is 1.03 bits per heavy atom. The van der Waals surface area contributed by atoms with Crippen LogP contribution in [-0.4, -0.2) is 48.8 Å². The summed E-state index contributed by atoms with van der Waals surface area (Å²) in [6.07, 6.45) is 3.85. The first-order chi connectivity index (χ1) is 18.4. The average molecular weight is 521 g/mol. The lowest BCUT2D eigenvalue weighted by atomic mass is 9.77. The highest BCUT2D eigenvalue weighted by Gasteiger charge is 2.47. The fourth-order valence-electron chi connectivity index (χ4n) is 5.76. The first kappa shape index (κ1) is 26.0. The van der Waals surface area contributed by atoms with Crippen LogP contribution in [0.15, 0.2) is 54.7 Å². The number of aromatic hydroxyl groups is 1. The largest absolute Gasteiger partial charge is 0.506 e. The Kier molecular flexibility index (Phi) is 7.51. The number of carbonyl (C=O) groups is 1. The van der Waals surface area contributed by atoms with E-state index in [0.717, 1.165) is 60.7 Å². The van der Waals surface area contributed by atoms with Crippen LogP contribution in [0.4, 0.5) is 10.2 Å². The smallest absolute Gasteiger partial charge is 0.228 e. The summed E-state index contributed by atoms with van der Waals surface area (Å²) in [7, 11) is 0. The number of nitrogens with one attached hydrogen (secondary N) is 1. The van der Waals surface area contributed by atoms with E-state index in [0.29, 0.717) is 32.0 Å². The third-order valence-electron chi connectivity index (χ3n) is 7.66. The molecule has 8 heteroatoms. The fraction of sp³-hybridized carbons (Fsp3) is 0.400. The van der Waals surface area contributed by atoms with Gasteiger partial charge in [-0.05, 0) is 55.8 Å². The molecule has 0 saturated carbocycles. The molecule has 7 nitrogen and oxygen atoms in total. The van der Waals surface area contributed by atoms with Crippen molar-refractivity contribution in [3.8, 4) is 28.4 Å². The van der Waals surface area contributed by atoms with Crippen molar-refractivity contribution in [1.29, 1.82) is 0 Å². The van der Waals surface area contributed by atoms with Crippen molar-refractivity contribution in [2.75, 3.05) is 37.7 Å². The summed E-state index contributed by atoms with van der Waals surface area (Å²) in [5, 5.41) is 9.54. The molecule has 2 saturated heterocycles. The topological polar surface area (TPSA) is 76.3 Å². The van der Waals surface area contributed by atoms with Crippen molar-refractivity contribution in [3.63, 3.8) is 0 Å². The Labute approximate surface area is 222 Å². The Balaban J connectivity index is 1.31. The fourth-order valence-corrected chi connectivity index (χ4v) is 5.76. The number of piperidine rings is 1. The number of benzene rings is 2. The molecule has 5 rings (SSSR count). The molecule has 2 aliphatic rings. The Morgan fingerprint density at radius 3 is 2.26 bits per heavy atom. The third-order valence-corrected chi connectivity index (χ3v) is 7.66. The average Bonchev–Trinajstić information content (AvgIpc) is 3.22. The van der Waals surface area contributed by atoms with Gasteiger partial charge in [-0.2, -0.15) is 0 Å². The molecule has 1 amide bonds. The minimum absolute atomic E-state index is 0.0282. The molecule has 2 aromatic carbocycles. The number of quaternary nitrogens is 1. The van der Waals surface area contributed by atoms with Crippen molar-refractivity contribution in [1.82, 2.24) is 4.98 Å². The number of rotatable bonds is 8. The van der Waals surface area contributed by atoms with Crippen molar-refractivity contribution in [2.24, 2.45) is 5.41 Å². The number of carbonyl (C=O) groups excluding carboxylic acids is 1. The van der Waals surface area contributed by atoms with Crippen LogP contribution in [0.3, 0.4) is 0 Å². The molecule has 200 valence electrons. The van der Waals surface area contributed by atoms with E-state index in [-0.39, 0.29) is 22.9 Å². The SMILES string of the molecule is CCOc1cc(C[NH+]2CCC3(CC2)CC(=O)N(c2ccc(O)cn2)C3)cc(OCC)c1-c1ccc(F)cc1. The van der Waals surface area contributed by atoms with E-state index < -0.39 is 0 Å². The minimum atomic E-state index is -0.279. The van der Waals surface area contributed by atoms with Gasteiger partial charge in [0.1, 0.15) is 35.4 Å². The van der Waals surface area contributed by atoms with Gasteiger partial charge in [-0.25, -0.2) is 9.37 Å². The van der Waals surface area contributed by atoms with Crippen LogP contribution in [0.1, 0.15) is 38.7 Å².